The molecule has 0 aromatic rings. The number of hydrogen-bond donors (Lipinski definition) is 2. The summed E-state index contributed by atoms with van der Waals surface area (Å²) in [6.45, 7) is 3.78. The number of hydroxylamine groups is 1. The van der Waals surface area contributed by atoms with E-state index in [0.29, 0.717) is 6.42 Å². The lowest BCUT2D eigenvalue weighted by atomic mass is 10.3. The molecule has 0 aromatic carbocycles. The smallest absolute Gasteiger partial charge is 0.217 e. The first-order chi connectivity index (χ1) is 6.70. The minimum Gasteiger partial charge on any atom is -0.508 e. The molecule has 0 heterocycles. The highest BCUT2D eigenvalue weighted by Gasteiger charge is 1.89. The van der Waals surface area contributed by atoms with Crippen LogP contribution >= 0.6 is 0 Å². The predicted molar refractivity (Wildman–Crippen MR) is 57.7 cm³/mol. The summed E-state index contributed by atoms with van der Waals surface area (Å²) in [5.74, 6) is 0.261. The first kappa shape index (κ1) is 12.5. The predicted octanol–water partition coefficient (Wildman–Crippen LogP) is 2.79. The maximum absolute atomic E-state index is 9.19. The molecule has 78 valence electrons. The first-order valence-electron chi connectivity index (χ1n) is 4.69. The quantitative estimate of drug-likeness (QED) is 0.177. The molecule has 0 aromatic heterocycles. The van der Waals surface area contributed by atoms with Gasteiger partial charge in [-0.1, -0.05) is 13.0 Å². The molecule has 0 aliphatic rings. The van der Waals surface area contributed by atoms with Gasteiger partial charge < -0.3 is 5.11 Å². The van der Waals surface area contributed by atoms with Crippen molar-refractivity contribution < 1.29 is 15.1 Å². The van der Waals surface area contributed by atoms with Crippen LogP contribution in [0.3, 0.4) is 0 Å². The molecule has 0 radical (unpaired) electrons. The van der Waals surface area contributed by atoms with E-state index in [2.05, 4.69) is 0 Å². The summed E-state index contributed by atoms with van der Waals surface area (Å²) in [4.78, 5) is 0. The van der Waals surface area contributed by atoms with Gasteiger partial charge in [0.15, 0.2) is 0 Å². The molecule has 0 rings (SSSR count). The second-order valence-electron chi connectivity index (χ2n) is 2.72. The van der Waals surface area contributed by atoms with Crippen molar-refractivity contribution in [3.63, 3.8) is 0 Å². The van der Waals surface area contributed by atoms with Gasteiger partial charge in [-0.2, -0.15) is 0 Å². The fraction of sp³-hybridized carbons (Fsp3) is 0.364. The zero-order valence-corrected chi connectivity index (χ0v) is 8.72. The normalized spacial score (nSPS) is 14.4. The van der Waals surface area contributed by atoms with E-state index in [0.717, 1.165) is 11.2 Å². The van der Waals surface area contributed by atoms with E-state index in [1.165, 1.54) is 6.20 Å². The molecule has 3 heteroatoms. The number of nitrogens with zero attached hydrogens (tertiary/aromatic N) is 1. The van der Waals surface area contributed by atoms with E-state index in [9.17, 15) is 5.11 Å². The molecular weight excluding hydrogens is 178 g/mol. The summed E-state index contributed by atoms with van der Waals surface area (Å²) in [5.41, 5.74) is 0. The maximum Gasteiger partial charge on any atom is 0.217 e. The SMILES string of the molecule is CC=C[N+](O)=CCC=CC(O)=CCC. The van der Waals surface area contributed by atoms with Crippen molar-refractivity contribution in [1.82, 2.24) is 0 Å². The summed E-state index contributed by atoms with van der Waals surface area (Å²) in [5, 5.41) is 18.3. The van der Waals surface area contributed by atoms with Gasteiger partial charge in [0.2, 0.25) is 12.4 Å². The fourth-order valence-electron chi connectivity index (χ4n) is 0.848. The number of hydrogen-bond acceptors (Lipinski definition) is 2. The van der Waals surface area contributed by atoms with Gasteiger partial charge in [0, 0.05) is 6.42 Å². The molecule has 0 fully saturated rings. The van der Waals surface area contributed by atoms with Crippen LogP contribution in [0.5, 0.6) is 0 Å². The first-order valence-corrected chi connectivity index (χ1v) is 4.69. The highest BCUT2D eigenvalue weighted by Crippen LogP contribution is 1.94. The summed E-state index contributed by atoms with van der Waals surface area (Å²) < 4.78 is 0.991. The van der Waals surface area contributed by atoms with Gasteiger partial charge in [-0.3, -0.25) is 5.21 Å². The van der Waals surface area contributed by atoms with Gasteiger partial charge >= 0.3 is 0 Å². The molecule has 0 saturated heterocycles. The Morgan fingerprint density at radius 1 is 1.43 bits per heavy atom. The highest BCUT2D eigenvalue weighted by molar-refractivity contribution is 5.53. The van der Waals surface area contributed by atoms with Crippen LogP contribution in [0.25, 0.3) is 0 Å². The summed E-state index contributed by atoms with van der Waals surface area (Å²) >= 11 is 0. The van der Waals surface area contributed by atoms with Crippen molar-refractivity contribution in [3.8, 4) is 0 Å². The van der Waals surface area contributed by atoms with E-state index >= 15 is 0 Å². The maximum atomic E-state index is 9.19. The summed E-state index contributed by atoms with van der Waals surface area (Å²) in [6.07, 6.45) is 11.4. The van der Waals surface area contributed by atoms with Gasteiger partial charge in [0.25, 0.3) is 0 Å². The number of aliphatic hydroxyl groups excluding tert-OH is 1. The van der Waals surface area contributed by atoms with Gasteiger partial charge in [0.1, 0.15) is 5.76 Å². The topological polar surface area (TPSA) is 43.5 Å². The molecule has 3 nitrogen and oxygen atoms in total. The largest absolute Gasteiger partial charge is 0.508 e. The molecule has 2 N–H and O–H groups in total. The summed E-state index contributed by atoms with van der Waals surface area (Å²) in [6, 6.07) is 0. The monoisotopic (exact) mass is 196 g/mol. The van der Waals surface area contributed by atoms with Crippen molar-refractivity contribution in [2.75, 3.05) is 0 Å². The lowest BCUT2D eigenvalue weighted by molar-refractivity contribution is -0.722. The van der Waals surface area contributed by atoms with Gasteiger partial charge in [-0.05, 0) is 36.3 Å². The van der Waals surface area contributed by atoms with E-state index in [4.69, 9.17) is 5.21 Å². The van der Waals surface area contributed by atoms with E-state index in [1.807, 2.05) is 13.8 Å². The van der Waals surface area contributed by atoms with Gasteiger partial charge in [0.05, 0.1) is 0 Å². The molecule has 0 atom stereocenters. The zero-order valence-electron chi connectivity index (χ0n) is 8.72. The van der Waals surface area contributed by atoms with Crippen LogP contribution in [0.15, 0.2) is 36.3 Å². The molecule has 0 aliphatic carbocycles. The van der Waals surface area contributed by atoms with E-state index < -0.39 is 0 Å². The van der Waals surface area contributed by atoms with Crippen LogP contribution < -0.4 is 0 Å². The van der Waals surface area contributed by atoms with E-state index in [1.54, 1.807) is 30.5 Å². The Morgan fingerprint density at radius 3 is 2.71 bits per heavy atom. The highest BCUT2D eigenvalue weighted by atomic mass is 16.5. The van der Waals surface area contributed by atoms with Crippen LogP contribution in [-0.4, -0.2) is 21.3 Å². The van der Waals surface area contributed by atoms with E-state index in [-0.39, 0.29) is 5.76 Å². The molecular formula is C11H18NO2+. The third-order valence-corrected chi connectivity index (χ3v) is 1.43. The second-order valence-corrected chi connectivity index (χ2v) is 2.72. The summed E-state index contributed by atoms with van der Waals surface area (Å²) in [7, 11) is 0. The van der Waals surface area contributed by atoms with Gasteiger partial charge in [-0.25, -0.2) is 0 Å². The molecule has 0 aliphatic heterocycles. The second kappa shape index (κ2) is 8.10. The number of rotatable bonds is 5. The van der Waals surface area contributed by atoms with Crippen molar-refractivity contribution in [1.29, 1.82) is 0 Å². The molecule has 0 amide bonds. The fourth-order valence-corrected chi connectivity index (χ4v) is 0.848. The third kappa shape index (κ3) is 7.16. The Labute approximate surface area is 85.0 Å². The van der Waals surface area contributed by atoms with Crippen molar-refractivity contribution in [3.05, 3.63) is 36.3 Å². The Bertz CT molecular complexity index is 262. The van der Waals surface area contributed by atoms with Crippen molar-refractivity contribution in [2.24, 2.45) is 0 Å². The van der Waals surface area contributed by atoms with Crippen LogP contribution in [-0.2, 0) is 0 Å². The Balaban J connectivity index is 3.95. The third-order valence-electron chi connectivity index (χ3n) is 1.43. The van der Waals surface area contributed by atoms with Crippen LogP contribution in [0.2, 0.25) is 0 Å². The lowest BCUT2D eigenvalue weighted by Crippen LogP contribution is -1.97. The number of allylic oxidation sites excluding steroid dienone is 4. The molecule has 0 saturated carbocycles. The lowest BCUT2D eigenvalue weighted by Gasteiger charge is -1.87. The Morgan fingerprint density at radius 2 is 2.14 bits per heavy atom. The average Bonchev–Trinajstić information content (AvgIpc) is 2.13. The Kier molecular flexibility index (Phi) is 7.23. The van der Waals surface area contributed by atoms with Crippen LogP contribution in [0.1, 0.15) is 26.7 Å². The minimum absolute atomic E-state index is 0.261. The molecule has 14 heavy (non-hydrogen) atoms. The molecule has 0 spiro atoms. The van der Waals surface area contributed by atoms with Crippen LogP contribution in [0.4, 0.5) is 0 Å². The number of aliphatic hydroxyl groups is 1. The average molecular weight is 196 g/mol. The minimum atomic E-state index is 0.261. The standard InChI is InChI=1S/C11H17NO2/c1-3-7-11(13)8-5-6-10-12(14)9-4-2/h4-5,7-10H,3,6H2,1-2H3,(H-,13,14)/p+1. The molecule has 0 unspecified atom stereocenters. The van der Waals surface area contributed by atoms with Crippen molar-refractivity contribution in [2.45, 2.75) is 26.7 Å². The van der Waals surface area contributed by atoms with Crippen LogP contribution in [0, 0.1) is 0 Å². The Hall–Kier alpha value is -1.51. The molecule has 0 bridgehead atoms. The zero-order chi connectivity index (χ0) is 10.8. The van der Waals surface area contributed by atoms with Crippen molar-refractivity contribution >= 4 is 6.21 Å². The van der Waals surface area contributed by atoms with Gasteiger partial charge in [-0.15, -0.1) is 0 Å².